The molecule has 2 heterocycles. The van der Waals surface area contributed by atoms with E-state index in [0.29, 0.717) is 11.0 Å². The van der Waals surface area contributed by atoms with Crippen LogP contribution in [0.2, 0.25) is 0 Å². The number of rotatable bonds is 3. The van der Waals surface area contributed by atoms with Crippen molar-refractivity contribution in [1.82, 2.24) is 4.90 Å². The second-order valence-corrected chi connectivity index (χ2v) is 5.86. The summed E-state index contributed by atoms with van der Waals surface area (Å²) in [6.07, 6.45) is 1.20. The number of ether oxygens (including phenoxy) is 1. The lowest BCUT2D eigenvalue weighted by Crippen LogP contribution is -2.44. The van der Waals surface area contributed by atoms with Crippen LogP contribution in [-0.4, -0.2) is 55.3 Å². The van der Waals surface area contributed by atoms with Gasteiger partial charge in [0.1, 0.15) is 4.99 Å². The molecule has 0 saturated carbocycles. The van der Waals surface area contributed by atoms with Gasteiger partial charge in [-0.1, -0.05) is 24.4 Å². The molecule has 1 aromatic carbocycles. The summed E-state index contributed by atoms with van der Waals surface area (Å²) in [4.78, 5) is 5.44. The lowest BCUT2D eigenvalue weighted by Gasteiger charge is -2.32. The molecule has 2 aliphatic heterocycles. The summed E-state index contributed by atoms with van der Waals surface area (Å²) in [5, 5.41) is 0. The van der Waals surface area contributed by atoms with Gasteiger partial charge >= 0.3 is 0 Å². The van der Waals surface area contributed by atoms with Gasteiger partial charge in [0.15, 0.2) is 0 Å². The van der Waals surface area contributed by atoms with Gasteiger partial charge in [-0.3, -0.25) is 4.90 Å². The summed E-state index contributed by atoms with van der Waals surface area (Å²) < 4.78 is 5.43. The van der Waals surface area contributed by atoms with Gasteiger partial charge in [0.05, 0.1) is 13.2 Å². The Labute approximate surface area is 125 Å². The van der Waals surface area contributed by atoms with Crippen LogP contribution in [0.1, 0.15) is 12.0 Å². The van der Waals surface area contributed by atoms with E-state index in [1.807, 2.05) is 12.1 Å². The predicted molar refractivity (Wildman–Crippen MR) is 85.3 cm³/mol. The van der Waals surface area contributed by atoms with Crippen molar-refractivity contribution < 1.29 is 4.74 Å². The van der Waals surface area contributed by atoms with E-state index in [1.165, 1.54) is 12.1 Å². The molecule has 2 fully saturated rings. The average Bonchev–Trinajstić information content (AvgIpc) is 2.98. The zero-order valence-electron chi connectivity index (χ0n) is 11.6. The van der Waals surface area contributed by atoms with Crippen LogP contribution < -0.4 is 10.6 Å². The first-order valence-corrected chi connectivity index (χ1v) is 7.62. The number of hydrogen-bond acceptors (Lipinski definition) is 4. The standard InChI is InChI=1S/C15H21N3OS/c16-15(20)13-3-1-2-4-14(13)18-6-5-12(11-18)17-7-9-19-10-8-17/h1-4,12H,5-11H2,(H2,16,20). The van der Waals surface area contributed by atoms with E-state index >= 15 is 0 Å². The van der Waals surface area contributed by atoms with Gasteiger partial charge < -0.3 is 15.4 Å². The fourth-order valence-electron chi connectivity index (χ4n) is 3.16. The zero-order chi connectivity index (χ0) is 13.9. The molecule has 0 bridgehead atoms. The fourth-order valence-corrected chi connectivity index (χ4v) is 3.33. The van der Waals surface area contributed by atoms with E-state index in [0.717, 1.165) is 45.0 Å². The minimum atomic E-state index is 0.482. The number of para-hydroxylation sites is 1. The van der Waals surface area contributed by atoms with Crippen LogP contribution in [0.5, 0.6) is 0 Å². The molecule has 0 aliphatic carbocycles. The Morgan fingerprint density at radius 3 is 2.70 bits per heavy atom. The van der Waals surface area contributed by atoms with Crippen LogP contribution in [0.3, 0.4) is 0 Å². The largest absolute Gasteiger partial charge is 0.389 e. The van der Waals surface area contributed by atoms with Crippen molar-refractivity contribution in [2.75, 3.05) is 44.3 Å². The summed E-state index contributed by atoms with van der Waals surface area (Å²) in [6, 6.07) is 8.81. The first-order chi connectivity index (χ1) is 9.75. The quantitative estimate of drug-likeness (QED) is 0.849. The minimum Gasteiger partial charge on any atom is -0.389 e. The molecular weight excluding hydrogens is 270 g/mol. The van der Waals surface area contributed by atoms with Crippen molar-refractivity contribution in [1.29, 1.82) is 0 Å². The number of anilines is 1. The maximum absolute atomic E-state index is 5.84. The third-order valence-corrected chi connectivity index (χ3v) is 4.46. The van der Waals surface area contributed by atoms with Gasteiger partial charge in [-0.05, 0) is 18.6 Å². The normalized spacial score (nSPS) is 24.0. The van der Waals surface area contributed by atoms with Crippen LogP contribution in [-0.2, 0) is 4.74 Å². The van der Waals surface area contributed by atoms with E-state index in [4.69, 9.17) is 22.7 Å². The third kappa shape index (κ3) is 2.80. The van der Waals surface area contributed by atoms with Gasteiger partial charge in [0.2, 0.25) is 0 Å². The van der Waals surface area contributed by atoms with Gasteiger partial charge in [-0.25, -0.2) is 0 Å². The van der Waals surface area contributed by atoms with Crippen LogP contribution >= 0.6 is 12.2 Å². The van der Waals surface area contributed by atoms with Crippen LogP contribution in [0.25, 0.3) is 0 Å². The summed E-state index contributed by atoms with van der Waals surface area (Å²) in [6.45, 7) is 5.95. The molecule has 1 aromatic rings. The monoisotopic (exact) mass is 291 g/mol. The molecule has 108 valence electrons. The molecule has 5 heteroatoms. The van der Waals surface area contributed by atoms with Crippen LogP contribution in [0.15, 0.2) is 24.3 Å². The number of morpholine rings is 1. The van der Waals surface area contributed by atoms with Gasteiger partial charge in [-0.2, -0.15) is 0 Å². The van der Waals surface area contributed by atoms with Crippen molar-refractivity contribution in [3.63, 3.8) is 0 Å². The lowest BCUT2D eigenvalue weighted by atomic mass is 10.1. The van der Waals surface area contributed by atoms with E-state index in [9.17, 15) is 0 Å². The first kappa shape index (κ1) is 13.8. The molecule has 2 aliphatic rings. The highest BCUT2D eigenvalue weighted by Crippen LogP contribution is 2.26. The van der Waals surface area contributed by atoms with Crippen molar-refractivity contribution in [2.45, 2.75) is 12.5 Å². The maximum atomic E-state index is 5.84. The van der Waals surface area contributed by atoms with E-state index in [-0.39, 0.29) is 0 Å². The number of thiocarbonyl (C=S) groups is 1. The maximum Gasteiger partial charge on any atom is 0.106 e. The Morgan fingerprint density at radius 2 is 1.95 bits per heavy atom. The van der Waals surface area contributed by atoms with Gasteiger partial charge in [0.25, 0.3) is 0 Å². The number of nitrogens with two attached hydrogens (primary N) is 1. The predicted octanol–water partition coefficient (Wildman–Crippen LogP) is 1.23. The van der Waals surface area contributed by atoms with Crippen LogP contribution in [0.4, 0.5) is 5.69 Å². The molecule has 20 heavy (non-hydrogen) atoms. The SMILES string of the molecule is NC(=S)c1ccccc1N1CCC(N2CCOCC2)C1. The summed E-state index contributed by atoms with van der Waals surface area (Å²) in [5.41, 5.74) is 8.00. The molecule has 1 atom stereocenters. The van der Waals surface area contributed by atoms with Crippen molar-refractivity contribution >= 4 is 22.9 Å². The van der Waals surface area contributed by atoms with E-state index < -0.39 is 0 Å². The summed E-state index contributed by atoms with van der Waals surface area (Å²) in [5.74, 6) is 0. The minimum absolute atomic E-state index is 0.482. The zero-order valence-corrected chi connectivity index (χ0v) is 12.4. The molecular formula is C15H21N3OS. The topological polar surface area (TPSA) is 41.7 Å². The van der Waals surface area contributed by atoms with Crippen molar-refractivity contribution in [3.8, 4) is 0 Å². The smallest absolute Gasteiger partial charge is 0.106 e. The van der Waals surface area contributed by atoms with Crippen molar-refractivity contribution in [2.24, 2.45) is 5.73 Å². The second-order valence-electron chi connectivity index (χ2n) is 5.42. The van der Waals surface area contributed by atoms with E-state index in [2.05, 4.69) is 21.9 Å². The molecule has 2 N–H and O–H groups in total. The number of hydrogen-bond donors (Lipinski definition) is 1. The summed E-state index contributed by atoms with van der Waals surface area (Å²) in [7, 11) is 0. The Morgan fingerprint density at radius 1 is 1.20 bits per heavy atom. The molecule has 2 saturated heterocycles. The Kier molecular flexibility index (Phi) is 4.19. The molecule has 1 unspecified atom stereocenters. The van der Waals surface area contributed by atoms with Crippen LogP contribution in [0, 0.1) is 0 Å². The molecule has 3 rings (SSSR count). The molecule has 0 spiro atoms. The highest BCUT2D eigenvalue weighted by atomic mass is 32.1. The van der Waals surface area contributed by atoms with E-state index in [1.54, 1.807) is 0 Å². The summed E-state index contributed by atoms with van der Waals surface area (Å²) >= 11 is 5.16. The Bertz CT molecular complexity index is 488. The average molecular weight is 291 g/mol. The van der Waals surface area contributed by atoms with Gasteiger partial charge in [0, 0.05) is 43.5 Å². The Balaban J connectivity index is 1.72. The fraction of sp³-hybridized carbons (Fsp3) is 0.533. The molecule has 4 nitrogen and oxygen atoms in total. The molecule has 0 aromatic heterocycles. The third-order valence-electron chi connectivity index (χ3n) is 4.24. The number of nitrogens with zero attached hydrogens (tertiary/aromatic N) is 2. The highest BCUT2D eigenvalue weighted by Gasteiger charge is 2.29. The van der Waals surface area contributed by atoms with Gasteiger partial charge in [-0.15, -0.1) is 0 Å². The lowest BCUT2D eigenvalue weighted by molar-refractivity contribution is 0.0209. The Hall–Kier alpha value is -1.17. The molecule has 0 radical (unpaired) electrons. The highest BCUT2D eigenvalue weighted by molar-refractivity contribution is 7.80. The van der Waals surface area contributed by atoms with Crippen molar-refractivity contribution in [3.05, 3.63) is 29.8 Å². The number of benzene rings is 1. The second kappa shape index (κ2) is 6.08. The first-order valence-electron chi connectivity index (χ1n) is 7.21. The molecule has 0 amide bonds.